The van der Waals surface area contributed by atoms with Crippen molar-refractivity contribution in [1.82, 2.24) is 14.4 Å². The second-order valence-corrected chi connectivity index (χ2v) is 9.97. The summed E-state index contributed by atoms with van der Waals surface area (Å²) in [5.41, 5.74) is -0.209. The summed E-state index contributed by atoms with van der Waals surface area (Å²) in [5.74, 6) is -0.873. The fourth-order valence-corrected chi connectivity index (χ4v) is 4.56. The minimum absolute atomic E-state index is 0.0615. The molecule has 0 saturated carbocycles. The largest absolute Gasteiger partial charge is 0.573 e. The van der Waals surface area contributed by atoms with E-state index in [9.17, 15) is 27.9 Å². The zero-order chi connectivity index (χ0) is 25.4. The Balaban J connectivity index is 2.29. The number of phenols is 1. The van der Waals surface area contributed by atoms with Crippen LogP contribution in [0.1, 0.15) is 5.69 Å². The summed E-state index contributed by atoms with van der Waals surface area (Å²) in [6.07, 6.45) is -5.00. The van der Waals surface area contributed by atoms with E-state index in [1.807, 2.05) is 0 Å². The minimum Gasteiger partial charge on any atom is -0.508 e. The highest BCUT2D eigenvalue weighted by Gasteiger charge is 2.38. The van der Waals surface area contributed by atoms with Crippen molar-refractivity contribution in [1.29, 1.82) is 5.26 Å². The molecule has 0 spiro atoms. The van der Waals surface area contributed by atoms with Crippen LogP contribution in [-0.2, 0) is 0 Å². The van der Waals surface area contributed by atoms with Crippen LogP contribution in [0.15, 0.2) is 41.3 Å². The first-order valence-corrected chi connectivity index (χ1v) is 11.0. The van der Waals surface area contributed by atoms with Crippen molar-refractivity contribution in [2.75, 3.05) is 0 Å². The number of thioether (sulfide) groups is 1. The number of phenolic OH excluding ortho intramolecular Hbond substituents is 1. The number of ether oxygens (including phenoxy) is 1. The highest BCUT2D eigenvalue weighted by atomic mass is 35.5. The molecule has 0 aliphatic heterocycles. The second-order valence-electron chi connectivity index (χ2n) is 6.30. The Morgan fingerprint density at radius 1 is 1.12 bits per heavy atom. The fraction of sp³-hybridized carbons (Fsp3) is 0.105. The third kappa shape index (κ3) is 6.00. The lowest BCUT2D eigenvalue weighted by molar-refractivity contribution is -0.274. The molecule has 2 aromatic carbocycles. The number of alkyl halides is 6. The SMILES string of the molecule is C=[N+](c1ccc(O)cc1)c1c(SC(F)(Cl)Cl)c(C#N)nn1-c1c(Cl)cc(OC(F)(F)F)cc1Cl. The summed E-state index contributed by atoms with van der Waals surface area (Å²) in [4.78, 5) is -0.180. The van der Waals surface area contributed by atoms with Gasteiger partial charge in [-0.15, -0.1) is 13.2 Å². The second kappa shape index (κ2) is 9.71. The third-order valence-electron chi connectivity index (χ3n) is 4.00. The van der Waals surface area contributed by atoms with Gasteiger partial charge in [-0.1, -0.05) is 56.2 Å². The van der Waals surface area contributed by atoms with Gasteiger partial charge in [0.2, 0.25) is 5.69 Å². The molecular weight excluding hydrogens is 566 g/mol. The van der Waals surface area contributed by atoms with E-state index >= 15 is 0 Å². The first-order chi connectivity index (χ1) is 15.7. The molecular formula is C19H9Cl4F4N4O2S+. The van der Waals surface area contributed by atoms with E-state index in [1.54, 1.807) is 6.07 Å². The molecule has 1 N–H and O–H groups in total. The van der Waals surface area contributed by atoms with Gasteiger partial charge in [0.25, 0.3) is 0 Å². The number of nitrogens with zero attached hydrogens (tertiary/aromatic N) is 4. The number of hydrogen-bond donors (Lipinski definition) is 1. The zero-order valence-electron chi connectivity index (χ0n) is 16.2. The maximum atomic E-state index is 14.2. The first kappa shape index (κ1) is 26.2. The Morgan fingerprint density at radius 3 is 2.15 bits per heavy atom. The van der Waals surface area contributed by atoms with Gasteiger partial charge in [0.05, 0.1) is 16.8 Å². The van der Waals surface area contributed by atoms with E-state index < -0.39 is 16.0 Å². The van der Waals surface area contributed by atoms with Gasteiger partial charge in [0, 0.05) is 12.1 Å². The number of benzene rings is 2. The molecule has 0 unspecified atom stereocenters. The molecule has 34 heavy (non-hydrogen) atoms. The predicted octanol–water partition coefficient (Wildman–Crippen LogP) is 7.34. The van der Waals surface area contributed by atoms with Crippen molar-refractivity contribution in [2.45, 2.75) is 15.2 Å². The van der Waals surface area contributed by atoms with E-state index in [-0.39, 0.29) is 49.7 Å². The van der Waals surface area contributed by atoms with Crippen molar-refractivity contribution >= 4 is 76.4 Å². The van der Waals surface area contributed by atoms with Crippen LogP contribution in [0.3, 0.4) is 0 Å². The lowest BCUT2D eigenvalue weighted by Gasteiger charge is -2.12. The molecule has 0 atom stereocenters. The zero-order valence-corrected chi connectivity index (χ0v) is 20.1. The van der Waals surface area contributed by atoms with Crippen molar-refractivity contribution in [3.05, 3.63) is 52.1 Å². The number of nitriles is 1. The van der Waals surface area contributed by atoms with Gasteiger partial charge in [0.15, 0.2) is 5.69 Å². The van der Waals surface area contributed by atoms with Gasteiger partial charge in [0.1, 0.15) is 28.2 Å². The van der Waals surface area contributed by atoms with Crippen LogP contribution in [0.4, 0.5) is 29.1 Å². The number of hydrogen-bond acceptors (Lipinski definition) is 5. The Bertz CT molecular complexity index is 1280. The number of rotatable bonds is 6. The van der Waals surface area contributed by atoms with Crippen molar-refractivity contribution < 1.29 is 27.4 Å². The first-order valence-electron chi connectivity index (χ1n) is 8.64. The third-order valence-corrected chi connectivity index (χ3v) is 5.85. The van der Waals surface area contributed by atoms with Crippen molar-refractivity contribution in [3.63, 3.8) is 0 Å². The Labute approximate surface area is 213 Å². The van der Waals surface area contributed by atoms with Crippen LogP contribution in [0.2, 0.25) is 10.0 Å². The van der Waals surface area contributed by atoms with Crippen LogP contribution in [-0.4, -0.2) is 31.9 Å². The van der Waals surface area contributed by atoms with E-state index in [4.69, 9.17) is 46.4 Å². The summed E-state index contributed by atoms with van der Waals surface area (Å²) < 4.78 is 55.1. The van der Waals surface area contributed by atoms with E-state index in [2.05, 4.69) is 16.6 Å². The minimum atomic E-state index is -5.00. The molecule has 0 aliphatic carbocycles. The smallest absolute Gasteiger partial charge is 0.508 e. The molecule has 1 aromatic heterocycles. The molecule has 0 saturated heterocycles. The lowest BCUT2D eigenvalue weighted by Crippen LogP contribution is -2.17. The van der Waals surface area contributed by atoms with E-state index in [1.165, 1.54) is 28.8 Å². The Morgan fingerprint density at radius 2 is 1.68 bits per heavy atom. The number of halogens is 8. The molecule has 15 heteroatoms. The Kier molecular flexibility index (Phi) is 7.50. The highest BCUT2D eigenvalue weighted by molar-refractivity contribution is 8.03. The van der Waals surface area contributed by atoms with Crippen molar-refractivity contribution in [2.24, 2.45) is 0 Å². The molecule has 0 amide bonds. The number of aromatic nitrogens is 2. The number of aromatic hydroxyl groups is 1. The Hall–Kier alpha value is -2.36. The summed E-state index contributed by atoms with van der Waals surface area (Å²) in [6.45, 7) is 3.86. The lowest BCUT2D eigenvalue weighted by atomic mass is 10.2. The van der Waals surface area contributed by atoms with Gasteiger partial charge >= 0.3 is 16.1 Å². The quantitative estimate of drug-likeness (QED) is 0.110. The van der Waals surface area contributed by atoms with Crippen molar-refractivity contribution in [3.8, 4) is 23.3 Å². The molecule has 0 fully saturated rings. The molecule has 0 radical (unpaired) electrons. The maximum absolute atomic E-state index is 14.2. The van der Waals surface area contributed by atoms with Gasteiger partial charge in [-0.3, -0.25) is 0 Å². The molecule has 0 bridgehead atoms. The topological polar surface area (TPSA) is 74.1 Å². The van der Waals surface area contributed by atoms with E-state index in [0.717, 1.165) is 16.8 Å². The monoisotopic (exact) mass is 573 g/mol. The van der Waals surface area contributed by atoms with E-state index in [0.29, 0.717) is 5.69 Å². The van der Waals surface area contributed by atoms with Gasteiger partial charge in [-0.05, 0) is 36.0 Å². The van der Waals surface area contributed by atoms with Crippen LogP contribution in [0.25, 0.3) is 5.69 Å². The van der Waals surface area contributed by atoms with Crippen LogP contribution < -0.4 is 9.31 Å². The summed E-state index contributed by atoms with van der Waals surface area (Å²) >= 11 is 23.6. The molecule has 0 aliphatic rings. The van der Waals surface area contributed by atoms with Crippen LogP contribution in [0.5, 0.6) is 11.5 Å². The summed E-state index contributed by atoms with van der Waals surface area (Å²) in [5, 5.41) is 22.5. The van der Waals surface area contributed by atoms with Crippen LogP contribution >= 0.6 is 58.2 Å². The standard InChI is InChI=1S/C19H8Cl4F4N4O2S/c1-30(9-2-4-10(32)5-3-9)17-16(34-18(22,23)24)14(8-28)29-31(17)15-12(20)6-11(7-13(15)21)33-19(25,26)27/h2-7H,1H2/p+1. The predicted molar refractivity (Wildman–Crippen MR) is 123 cm³/mol. The summed E-state index contributed by atoms with van der Waals surface area (Å²) in [6, 6.07) is 8.95. The average molecular weight is 575 g/mol. The van der Waals surface area contributed by atoms with Crippen LogP contribution in [0, 0.1) is 11.3 Å². The molecule has 178 valence electrons. The summed E-state index contributed by atoms with van der Waals surface area (Å²) in [7, 11) is 0. The molecule has 6 nitrogen and oxygen atoms in total. The maximum Gasteiger partial charge on any atom is 0.573 e. The fourth-order valence-electron chi connectivity index (χ4n) is 2.76. The highest BCUT2D eigenvalue weighted by Crippen LogP contribution is 2.48. The molecule has 1 heterocycles. The van der Waals surface area contributed by atoms with Gasteiger partial charge < -0.3 is 9.84 Å². The van der Waals surface area contributed by atoms with Gasteiger partial charge in [-0.2, -0.15) is 9.65 Å². The molecule has 3 rings (SSSR count). The van der Waals surface area contributed by atoms with Gasteiger partial charge in [-0.25, -0.2) is 4.58 Å². The molecule has 3 aromatic rings. The average Bonchev–Trinajstić information content (AvgIpc) is 3.02. The normalized spacial score (nSPS) is 11.9.